The van der Waals surface area contributed by atoms with Gasteiger partial charge in [0.1, 0.15) is 10.5 Å². The molecule has 78 valence electrons. The Balaban J connectivity index is 2.38. The number of nitrogens with zero attached hydrogens (tertiary/aromatic N) is 2. The molecule has 0 unspecified atom stereocenters. The Labute approximate surface area is 91.4 Å². The van der Waals surface area contributed by atoms with E-state index in [1.807, 2.05) is 4.57 Å². The third kappa shape index (κ3) is 1.24. The van der Waals surface area contributed by atoms with Crippen LogP contribution in [-0.4, -0.2) is 9.55 Å². The smallest absolute Gasteiger partial charge is 0.271 e. The fourth-order valence-corrected chi connectivity index (χ4v) is 3.08. The number of rotatable bonds is 1. The molecule has 0 radical (unpaired) electrons. The maximum atomic E-state index is 12.1. The Hall–Kier alpha value is -1.16. The SMILES string of the molecule is CCc1cc2nc3n(c(=O)c2s1)CCC3. The molecule has 15 heavy (non-hydrogen) atoms. The molecule has 3 rings (SSSR count). The van der Waals surface area contributed by atoms with Crippen LogP contribution in [0.3, 0.4) is 0 Å². The number of fused-ring (bicyclic) bond motifs is 2. The van der Waals surface area contributed by atoms with Crippen LogP contribution in [0.5, 0.6) is 0 Å². The quantitative estimate of drug-likeness (QED) is 0.736. The summed E-state index contributed by atoms with van der Waals surface area (Å²) >= 11 is 1.59. The number of aryl methyl sites for hydroxylation is 2. The molecule has 0 aromatic carbocycles. The van der Waals surface area contributed by atoms with E-state index in [-0.39, 0.29) is 5.56 Å². The summed E-state index contributed by atoms with van der Waals surface area (Å²) in [6.07, 6.45) is 2.98. The van der Waals surface area contributed by atoms with Crippen molar-refractivity contribution in [3.63, 3.8) is 0 Å². The minimum Gasteiger partial charge on any atom is -0.295 e. The first-order valence-electron chi connectivity index (χ1n) is 5.31. The standard InChI is InChI=1S/C11H12N2OS/c1-2-7-6-8-10(15-7)11(14)13-5-3-4-9(13)12-8/h6H,2-5H2,1H3. The zero-order valence-corrected chi connectivity index (χ0v) is 9.43. The monoisotopic (exact) mass is 220 g/mol. The van der Waals surface area contributed by atoms with E-state index in [4.69, 9.17) is 0 Å². The Kier molecular flexibility index (Phi) is 1.92. The summed E-state index contributed by atoms with van der Waals surface area (Å²) in [5, 5.41) is 0. The zero-order valence-electron chi connectivity index (χ0n) is 8.62. The van der Waals surface area contributed by atoms with Gasteiger partial charge in [-0.2, -0.15) is 0 Å². The molecule has 0 N–H and O–H groups in total. The molecule has 0 aliphatic carbocycles. The maximum absolute atomic E-state index is 12.1. The van der Waals surface area contributed by atoms with Gasteiger partial charge in [-0.25, -0.2) is 4.98 Å². The predicted molar refractivity (Wildman–Crippen MR) is 61.6 cm³/mol. The van der Waals surface area contributed by atoms with Crippen molar-refractivity contribution >= 4 is 21.6 Å². The van der Waals surface area contributed by atoms with Crippen molar-refractivity contribution in [3.8, 4) is 0 Å². The summed E-state index contributed by atoms with van der Waals surface area (Å²) in [4.78, 5) is 17.9. The summed E-state index contributed by atoms with van der Waals surface area (Å²) in [5.41, 5.74) is 1.06. The Morgan fingerprint density at radius 1 is 1.60 bits per heavy atom. The first kappa shape index (κ1) is 9.09. The van der Waals surface area contributed by atoms with Crippen molar-refractivity contribution in [1.29, 1.82) is 0 Å². The highest BCUT2D eigenvalue weighted by molar-refractivity contribution is 7.18. The topological polar surface area (TPSA) is 34.9 Å². The molecule has 0 fully saturated rings. The molecule has 2 aromatic rings. The van der Waals surface area contributed by atoms with Gasteiger partial charge in [0.2, 0.25) is 0 Å². The Morgan fingerprint density at radius 2 is 2.47 bits per heavy atom. The summed E-state index contributed by atoms with van der Waals surface area (Å²) in [7, 11) is 0. The molecule has 0 spiro atoms. The summed E-state index contributed by atoms with van der Waals surface area (Å²) in [5.74, 6) is 0.966. The van der Waals surface area contributed by atoms with Crippen LogP contribution in [-0.2, 0) is 19.4 Å². The molecule has 0 saturated heterocycles. The van der Waals surface area contributed by atoms with Crippen LogP contribution in [0.15, 0.2) is 10.9 Å². The Morgan fingerprint density at radius 3 is 3.27 bits per heavy atom. The molecule has 2 aromatic heterocycles. The lowest BCUT2D eigenvalue weighted by atomic mass is 10.3. The zero-order chi connectivity index (χ0) is 10.4. The Bertz CT molecular complexity index is 582. The van der Waals surface area contributed by atoms with Gasteiger partial charge in [-0.3, -0.25) is 9.36 Å². The molecule has 1 aliphatic heterocycles. The highest BCUT2D eigenvalue weighted by Crippen LogP contribution is 2.23. The molecule has 0 atom stereocenters. The number of hydrogen-bond donors (Lipinski definition) is 0. The van der Waals surface area contributed by atoms with Gasteiger partial charge in [-0.15, -0.1) is 11.3 Å². The summed E-state index contributed by atoms with van der Waals surface area (Å²) < 4.78 is 2.66. The lowest BCUT2D eigenvalue weighted by Gasteiger charge is -2.00. The second-order valence-electron chi connectivity index (χ2n) is 3.87. The van der Waals surface area contributed by atoms with Crippen molar-refractivity contribution in [3.05, 3.63) is 27.1 Å². The maximum Gasteiger partial charge on any atom is 0.271 e. The number of thiophene rings is 1. The van der Waals surface area contributed by atoms with E-state index in [2.05, 4.69) is 18.0 Å². The van der Waals surface area contributed by atoms with E-state index in [1.165, 1.54) is 4.88 Å². The minimum atomic E-state index is 0.164. The van der Waals surface area contributed by atoms with Gasteiger partial charge in [-0.1, -0.05) is 6.92 Å². The number of aromatic nitrogens is 2. The minimum absolute atomic E-state index is 0.164. The second kappa shape index (κ2) is 3.17. The van der Waals surface area contributed by atoms with Crippen molar-refractivity contribution in [2.24, 2.45) is 0 Å². The van der Waals surface area contributed by atoms with Crippen molar-refractivity contribution < 1.29 is 0 Å². The molecule has 3 heterocycles. The summed E-state index contributed by atoms with van der Waals surface area (Å²) in [6, 6.07) is 2.06. The van der Waals surface area contributed by atoms with E-state index in [9.17, 15) is 4.79 Å². The first-order chi connectivity index (χ1) is 7.29. The molecule has 0 saturated carbocycles. The van der Waals surface area contributed by atoms with Gasteiger partial charge in [0, 0.05) is 17.8 Å². The van der Waals surface area contributed by atoms with E-state index < -0.39 is 0 Å². The fourth-order valence-electron chi connectivity index (χ4n) is 2.10. The normalized spacial score (nSPS) is 14.7. The van der Waals surface area contributed by atoms with E-state index >= 15 is 0 Å². The molecular weight excluding hydrogens is 208 g/mol. The highest BCUT2D eigenvalue weighted by atomic mass is 32.1. The average molecular weight is 220 g/mol. The molecular formula is C11H12N2OS. The van der Waals surface area contributed by atoms with Crippen molar-refractivity contribution in [2.45, 2.75) is 32.7 Å². The van der Waals surface area contributed by atoms with Crippen LogP contribution in [0.25, 0.3) is 10.2 Å². The third-order valence-electron chi connectivity index (χ3n) is 2.89. The van der Waals surface area contributed by atoms with Crippen LogP contribution in [0, 0.1) is 0 Å². The molecule has 1 aliphatic rings. The van der Waals surface area contributed by atoms with E-state index in [1.54, 1.807) is 11.3 Å². The predicted octanol–water partition coefficient (Wildman–Crippen LogP) is 1.97. The summed E-state index contributed by atoms with van der Waals surface area (Å²) in [6.45, 7) is 2.95. The van der Waals surface area contributed by atoms with Crippen LogP contribution in [0.2, 0.25) is 0 Å². The van der Waals surface area contributed by atoms with Gasteiger partial charge in [-0.05, 0) is 18.9 Å². The van der Waals surface area contributed by atoms with Crippen LogP contribution < -0.4 is 5.56 Å². The number of hydrogen-bond acceptors (Lipinski definition) is 3. The lowest BCUT2D eigenvalue weighted by Crippen LogP contribution is -2.19. The average Bonchev–Trinajstić information content (AvgIpc) is 2.83. The highest BCUT2D eigenvalue weighted by Gasteiger charge is 2.17. The third-order valence-corrected chi connectivity index (χ3v) is 4.15. The lowest BCUT2D eigenvalue weighted by molar-refractivity contribution is 0.720. The van der Waals surface area contributed by atoms with Gasteiger partial charge in [0.15, 0.2) is 0 Å². The first-order valence-corrected chi connectivity index (χ1v) is 6.13. The van der Waals surface area contributed by atoms with E-state index in [0.29, 0.717) is 0 Å². The van der Waals surface area contributed by atoms with Crippen molar-refractivity contribution in [1.82, 2.24) is 9.55 Å². The second-order valence-corrected chi connectivity index (χ2v) is 5.01. The van der Waals surface area contributed by atoms with Crippen LogP contribution >= 0.6 is 11.3 Å². The van der Waals surface area contributed by atoms with Gasteiger partial charge < -0.3 is 0 Å². The van der Waals surface area contributed by atoms with Crippen LogP contribution in [0.1, 0.15) is 24.0 Å². The van der Waals surface area contributed by atoms with Crippen LogP contribution in [0.4, 0.5) is 0 Å². The molecule has 0 amide bonds. The van der Waals surface area contributed by atoms with Crippen molar-refractivity contribution in [2.75, 3.05) is 0 Å². The van der Waals surface area contributed by atoms with Gasteiger partial charge in [0.25, 0.3) is 5.56 Å². The van der Waals surface area contributed by atoms with Gasteiger partial charge >= 0.3 is 0 Å². The van der Waals surface area contributed by atoms with Gasteiger partial charge in [0.05, 0.1) is 5.52 Å². The largest absolute Gasteiger partial charge is 0.295 e. The molecule has 4 heteroatoms. The fraction of sp³-hybridized carbons (Fsp3) is 0.455. The molecule has 0 bridgehead atoms. The molecule has 3 nitrogen and oxygen atoms in total. The van der Waals surface area contributed by atoms with E-state index in [0.717, 1.165) is 41.8 Å².